The number of urea groups is 1. The fourth-order valence-electron chi connectivity index (χ4n) is 5.16. The standard InChI is InChI=1S/C26H24N8O3/c27-12-19-11-20(5-8-28-19)34-21-4-2-1-3-18(21)14-33(26(34)36)13-17-6-9-32(10-7-17)24-23-25(30-16-29-24)37-15-22(35)31-23/h1-5,8,11,16-17H,6-7,9-10,13-15H2,(H,31,35). The number of fused-ring (bicyclic) bond motifs is 2. The molecule has 3 amide bonds. The zero-order valence-corrected chi connectivity index (χ0v) is 20.0. The first-order chi connectivity index (χ1) is 18.1. The summed E-state index contributed by atoms with van der Waals surface area (Å²) in [4.78, 5) is 43.8. The Morgan fingerprint density at radius 1 is 1.11 bits per heavy atom. The SMILES string of the molecule is N#Cc1cc(N2C(=O)N(CC3CCN(c4ncnc5c4NC(=O)CO5)CC3)Cc3ccccc32)ccn1. The number of nitrogens with zero attached hydrogens (tertiary/aromatic N) is 7. The van der Waals surface area contributed by atoms with Gasteiger partial charge in [0.1, 0.15) is 23.8 Å². The van der Waals surface area contributed by atoms with Crippen molar-refractivity contribution in [3.63, 3.8) is 0 Å². The second kappa shape index (κ2) is 9.39. The third kappa shape index (κ3) is 4.27. The maximum atomic E-state index is 13.7. The van der Waals surface area contributed by atoms with Crippen LogP contribution in [0.5, 0.6) is 5.88 Å². The maximum absolute atomic E-state index is 13.7. The van der Waals surface area contributed by atoms with Crippen molar-refractivity contribution in [1.29, 1.82) is 5.26 Å². The molecule has 11 heteroatoms. The molecule has 11 nitrogen and oxygen atoms in total. The molecule has 3 aliphatic heterocycles. The Morgan fingerprint density at radius 3 is 2.78 bits per heavy atom. The fourth-order valence-corrected chi connectivity index (χ4v) is 5.16. The number of pyridine rings is 1. The molecule has 37 heavy (non-hydrogen) atoms. The van der Waals surface area contributed by atoms with Gasteiger partial charge in [-0.1, -0.05) is 18.2 Å². The summed E-state index contributed by atoms with van der Waals surface area (Å²) in [6.07, 6.45) is 4.74. The van der Waals surface area contributed by atoms with Crippen LogP contribution in [0.3, 0.4) is 0 Å². The molecular formula is C26H24N8O3. The van der Waals surface area contributed by atoms with Gasteiger partial charge in [-0.05, 0) is 42.5 Å². The van der Waals surface area contributed by atoms with E-state index in [2.05, 4.69) is 31.2 Å². The Morgan fingerprint density at radius 2 is 1.95 bits per heavy atom. The summed E-state index contributed by atoms with van der Waals surface area (Å²) in [6, 6.07) is 13.2. The number of piperidine rings is 1. The van der Waals surface area contributed by atoms with Gasteiger partial charge in [-0.25, -0.2) is 14.8 Å². The van der Waals surface area contributed by atoms with Gasteiger partial charge in [0.2, 0.25) is 5.88 Å². The quantitative estimate of drug-likeness (QED) is 0.584. The number of hydrogen-bond acceptors (Lipinski definition) is 8. The normalized spacial score (nSPS) is 17.4. The average molecular weight is 497 g/mol. The first kappa shape index (κ1) is 22.7. The van der Waals surface area contributed by atoms with Crippen molar-refractivity contribution in [3.05, 3.63) is 60.2 Å². The number of aromatic nitrogens is 3. The summed E-state index contributed by atoms with van der Waals surface area (Å²) in [5.74, 6) is 1.14. The highest BCUT2D eigenvalue weighted by atomic mass is 16.5. The van der Waals surface area contributed by atoms with Crippen molar-refractivity contribution in [2.45, 2.75) is 19.4 Å². The first-order valence-electron chi connectivity index (χ1n) is 12.2. The maximum Gasteiger partial charge on any atom is 0.329 e. The predicted octanol–water partition coefficient (Wildman–Crippen LogP) is 3.06. The minimum absolute atomic E-state index is 0.0488. The molecule has 3 aliphatic rings. The Kier molecular flexibility index (Phi) is 5.76. The molecule has 5 heterocycles. The average Bonchev–Trinajstić information content (AvgIpc) is 2.93. The molecule has 0 radical (unpaired) electrons. The number of para-hydroxylation sites is 1. The van der Waals surface area contributed by atoms with E-state index in [4.69, 9.17) is 4.74 Å². The number of anilines is 4. The van der Waals surface area contributed by atoms with Crippen molar-refractivity contribution in [3.8, 4) is 11.9 Å². The van der Waals surface area contributed by atoms with Crippen LogP contribution in [-0.4, -0.2) is 58.0 Å². The molecule has 0 atom stereocenters. The first-order valence-corrected chi connectivity index (χ1v) is 12.2. The van der Waals surface area contributed by atoms with Gasteiger partial charge >= 0.3 is 6.03 Å². The van der Waals surface area contributed by atoms with Gasteiger partial charge in [0.05, 0.1) is 11.4 Å². The number of carbonyl (C=O) groups excluding carboxylic acids is 2. The number of nitriles is 1. The molecule has 6 rings (SSSR count). The third-order valence-corrected chi connectivity index (χ3v) is 6.96. The Labute approximate surface area is 213 Å². The zero-order valence-electron chi connectivity index (χ0n) is 20.0. The number of rotatable bonds is 4. The molecule has 3 aromatic rings. The van der Waals surface area contributed by atoms with Crippen LogP contribution in [0.25, 0.3) is 0 Å². The van der Waals surface area contributed by atoms with E-state index in [0.717, 1.165) is 37.2 Å². The van der Waals surface area contributed by atoms with E-state index in [1.54, 1.807) is 23.2 Å². The minimum atomic E-state index is -0.219. The van der Waals surface area contributed by atoms with Crippen LogP contribution in [0, 0.1) is 17.2 Å². The van der Waals surface area contributed by atoms with E-state index in [1.807, 2.05) is 29.2 Å². The molecule has 1 aromatic carbocycles. The van der Waals surface area contributed by atoms with Crippen LogP contribution < -0.4 is 19.9 Å². The van der Waals surface area contributed by atoms with Crippen LogP contribution in [-0.2, 0) is 11.3 Å². The molecule has 1 N–H and O–H groups in total. The lowest BCUT2D eigenvalue weighted by Gasteiger charge is -2.40. The summed E-state index contributed by atoms with van der Waals surface area (Å²) in [7, 11) is 0. The van der Waals surface area contributed by atoms with Gasteiger partial charge in [0.25, 0.3) is 5.91 Å². The van der Waals surface area contributed by atoms with Gasteiger partial charge in [-0.2, -0.15) is 10.2 Å². The molecule has 0 bridgehead atoms. The molecule has 186 valence electrons. The highest BCUT2D eigenvalue weighted by Crippen LogP contribution is 2.37. The summed E-state index contributed by atoms with van der Waals surface area (Å²) < 4.78 is 5.43. The highest BCUT2D eigenvalue weighted by molar-refractivity contribution is 6.02. The monoisotopic (exact) mass is 496 g/mol. The lowest BCUT2D eigenvalue weighted by molar-refractivity contribution is -0.118. The van der Waals surface area contributed by atoms with E-state index in [1.165, 1.54) is 6.33 Å². The van der Waals surface area contributed by atoms with Crippen molar-refractivity contribution in [1.82, 2.24) is 19.9 Å². The van der Waals surface area contributed by atoms with Gasteiger partial charge in [-0.15, -0.1) is 0 Å². The van der Waals surface area contributed by atoms with Crippen molar-refractivity contribution in [2.24, 2.45) is 5.92 Å². The Hall–Kier alpha value is -4.72. The number of amides is 3. The van der Waals surface area contributed by atoms with Gasteiger partial charge in [0, 0.05) is 32.4 Å². The molecule has 1 saturated heterocycles. The molecule has 1 fully saturated rings. The minimum Gasteiger partial charge on any atom is -0.466 e. The van der Waals surface area contributed by atoms with Gasteiger partial charge in [0.15, 0.2) is 12.4 Å². The van der Waals surface area contributed by atoms with Crippen LogP contribution in [0.1, 0.15) is 24.1 Å². The number of benzene rings is 1. The zero-order chi connectivity index (χ0) is 25.4. The van der Waals surface area contributed by atoms with Crippen LogP contribution in [0.2, 0.25) is 0 Å². The summed E-state index contributed by atoms with van der Waals surface area (Å²) in [5.41, 5.74) is 3.29. The summed E-state index contributed by atoms with van der Waals surface area (Å²) in [6.45, 7) is 2.58. The molecular weight excluding hydrogens is 472 g/mol. The summed E-state index contributed by atoms with van der Waals surface area (Å²) in [5, 5.41) is 12.1. The molecule has 2 aromatic heterocycles. The lowest BCUT2D eigenvalue weighted by atomic mass is 9.95. The van der Waals surface area contributed by atoms with Crippen molar-refractivity contribution in [2.75, 3.05) is 41.4 Å². The van der Waals surface area contributed by atoms with Crippen LogP contribution in [0.4, 0.5) is 27.7 Å². The number of carbonyl (C=O) groups is 2. The number of nitrogens with one attached hydrogen (secondary N) is 1. The van der Waals surface area contributed by atoms with Gasteiger partial charge < -0.3 is 19.9 Å². The highest BCUT2D eigenvalue weighted by Gasteiger charge is 2.34. The van der Waals surface area contributed by atoms with E-state index in [0.29, 0.717) is 42.1 Å². The van der Waals surface area contributed by atoms with Crippen LogP contribution in [0.15, 0.2) is 48.9 Å². The van der Waals surface area contributed by atoms with E-state index >= 15 is 0 Å². The predicted molar refractivity (Wildman–Crippen MR) is 134 cm³/mol. The Bertz CT molecular complexity index is 1410. The molecule has 0 spiro atoms. The van der Waals surface area contributed by atoms with E-state index in [-0.39, 0.29) is 24.2 Å². The molecule has 0 aliphatic carbocycles. The van der Waals surface area contributed by atoms with Crippen molar-refractivity contribution >= 4 is 34.8 Å². The molecule has 0 unspecified atom stereocenters. The van der Waals surface area contributed by atoms with E-state index < -0.39 is 0 Å². The van der Waals surface area contributed by atoms with Crippen LogP contribution >= 0.6 is 0 Å². The summed E-state index contributed by atoms with van der Waals surface area (Å²) >= 11 is 0. The number of ether oxygens (including phenoxy) is 1. The van der Waals surface area contributed by atoms with Crippen molar-refractivity contribution < 1.29 is 14.3 Å². The van der Waals surface area contributed by atoms with E-state index in [9.17, 15) is 14.9 Å². The smallest absolute Gasteiger partial charge is 0.329 e. The largest absolute Gasteiger partial charge is 0.466 e. The van der Waals surface area contributed by atoms with Gasteiger partial charge in [-0.3, -0.25) is 9.69 Å². The fraction of sp³-hybridized carbons (Fsp3) is 0.308. The second-order valence-corrected chi connectivity index (χ2v) is 9.28. The second-order valence-electron chi connectivity index (χ2n) is 9.28. The third-order valence-electron chi connectivity index (χ3n) is 6.96. The topological polar surface area (TPSA) is 128 Å². The Balaban J connectivity index is 1.18. The number of hydrogen-bond donors (Lipinski definition) is 1. The molecule has 0 saturated carbocycles. The lowest BCUT2D eigenvalue weighted by Crippen LogP contribution is -2.48.